The fraction of sp³-hybridized carbons (Fsp3) is 1.00. The first-order valence-electron chi connectivity index (χ1n) is 6.76. The molecule has 0 amide bonds. The van der Waals surface area contributed by atoms with Gasteiger partial charge < -0.3 is 10.6 Å². The van der Waals surface area contributed by atoms with Crippen LogP contribution in [0.2, 0.25) is 0 Å². The van der Waals surface area contributed by atoms with Crippen LogP contribution in [0.3, 0.4) is 0 Å². The molecule has 2 nitrogen and oxygen atoms in total. The highest BCUT2D eigenvalue weighted by Gasteiger charge is 2.26. The molecule has 15 heavy (non-hydrogen) atoms. The Morgan fingerprint density at radius 3 is 2.40 bits per heavy atom. The predicted molar refractivity (Wildman–Crippen MR) is 64.8 cm³/mol. The summed E-state index contributed by atoms with van der Waals surface area (Å²) in [5.74, 6) is 1.91. The van der Waals surface area contributed by atoms with Crippen LogP contribution in [-0.2, 0) is 0 Å². The molecular formula is C13H26N2. The summed E-state index contributed by atoms with van der Waals surface area (Å²) in [6.45, 7) is 6.18. The van der Waals surface area contributed by atoms with Crippen molar-refractivity contribution >= 4 is 0 Å². The molecular weight excluding hydrogens is 184 g/mol. The maximum absolute atomic E-state index is 6.04. The van der Waals surface area contributed by atoms with Gasteiger partial charge in [-0.15, -0.1) is 0 Å². The van der Waals surface area contributed by atoms with Crippen LogP contribution < -0.4 is 5.73 Å². The Bertz CT molecular complexity index is 187. The third-order valence-corrected chi connectivity index (χ3v) is 4.00. The maximum atomic E-state index is 6.04. The van der Waals surface area contributed by atoms with E-state index < -0.39 is 0 Å². The zero-order valence-electron chi connectivity index (χ0n) is 10.1. The van der Waals surface area contributed by atoms with Crippen LogP contribution in [0, 0.1) is 11.8 Å². The van der Waals surface area contributed by atoms with Crippen molar-refractivity contribution in [1.29, 1.82) is 0 Å². The fourth-order valence-corrected chi connectivity index (χ4v) is 2.86. The molecule has 0 bridgehead atoms. The van der Waals surface area contributed by atoms with Crippen molar-refractivity contribution in [2.45, 2.75) is 51.5 Å². The van der Waals surface area contributed by atoms with E-state index in [2.05, 4.69) is 11.8 Å². The van der Waals surface area contributed by atoms with Gasteiger partial charge in [-0.05, 0) is 50.5 Å². The lowest BCUT2D eigenvalue weighted by Crippen LogP contribution is -2.36. The smallest absolute Gasteiger partial charge is 0.00419 e. The molecule has 88 valence electrons. The second-order valence-corrected chi connectivity index (χ2v) is 5.59. The van der Waals surface area contributed by atoms with E-state index in [9.17, 15) is 0 Å². The zero-order chi connectivity index (χ0) is 10.7. The van der Waals surface area contributed by atoms with E-state index in [1.54, 1.807) is 0 Å². The van der Waals surface area contributed by atoms with Crippen LogP contribution in [0.4, 0.5) is 0 Å². The molecule has 2 fully saturated rings. The summed E-state index contributed by atoms with van der Waals surface area (Å²) in [6.07, 6.45) is 8.23. The van der Waals surface area contributed by atoms with E-state index in [-0.39, 0.29) is 0 Å². The molecule has 2 saturated carbocycles. The van der Waals surface area contributed by atoms with E-state index in [4.69, 9.17) is 5.73 Å². The second-order valence-electron chi connectivity index (χ2n) is 5.59. The highest BCUT2D eigenvalue weighted by Crippen LogP contribution is 2.31. The molecule has 2 aliphatic rings. The molecule has 0 aromatic rings. The Kier molecular flexibility index (Phi) is 4.04. The van der Waals surface area contributed by atoms with E-state index in [0.717, 1.165) is 11.8 Å². The van der Waals surface area contributed by atoms with Gasteiger partial charge in [-0.1, -0.05) is 13.3 Å². The van der Waals surface area contributed by atoms with E-state index in [0.29, 0.717) is 6.04 Å². The summed E-state index contributed by atoms with van der Waals surface area (Å²) in [7, 11) is 0. The molecule has 0 aromatic carbocycles. The van der Waals surface area contributed by atoms with Crippen LogP contribution in [0.5, 0.6) is 0 Å². The van der Waals surface area contributed by atoms with Crippen molar-refractivity contribution in [3.05, 3.63) is 0 Å². The van der Waals surface area contributed by atoms with Crippen molar-refractivity contribution in [2.24, 2.45) is 17.6 Å². The highest BCUT2D eigenvalue weighted by molar-refractivity contribution is 4.81. The molecule has 0 spiro atoms. The Morgan fingerprint density at radius 2 is 1.80 bits per heavy atom. The minimum Gasteiger partial charge on any atom is -0.328 e. The molecule has 2 unspecified atom stereocenters. The molecule has 0 aliphatic heterocycles. The maximum Gasteiger partial charge on any atom is 0.00419 e. The van der Waals surface area contributed by atoms with Crippen LogP contribution in [0.15, 0.2) is 0 Å². The second kappa shape index (κ2) is 5.31. The SMILES string of the molecule is CCN(CC1CC1)CC1CCCC(N)C1. The molecule has 2 heteroatoms. The van der Waals surface area contributed by atoms with Gasteiger partial charge in [0.25, 0.3) is 0 Å². The van der Waals surface area contributed by atoms with Gasteiger partial charge in [0.2, 0.25) is 0 Å². The minimum atomic E-state index is 0.489. The number of hydrogen-bond acceptors (Lipinski definition) is 2. The third kappa shape index (κ3) is 3.76. The number of nitrogens with two attached hydrogens (primary N) is 1. The topological polar surface area (TPSA) is 29.3 Å². The van der Waals surface area contributed by atoms with Gasteiger partial charge in [0.05, 0.1) is 0 Å². The number of hydrogen-bond donors (Lipinski definition) is 1. The first kappa shape index (κ1) is 11.4. The van der Waals surface area contributed by atoms with Gasteiger partial charge in [-0.2, -0.15) is 0 Å². The summed E-state index contributed by atoms with van der Waals surface area (Å²) >= 11 is 0. The van der Waals surface area contributed by atoms with Crippen molar-refractivity contribution in [3.8, 4) is 0 Å². The van der Waals surface area contributed by atoms with Crippen LogP contribution in [-0.4, -0.2) is 30.6 Å². The standard InChI is InChI=1S/C13H26N2/c1-2-15(9-11-6-7-11)10-12-4-3-5-13(14)8-12/h11-13H,2-10,14H2,1H3. The van der Waals surface area contributed by atoms with E-state index >= 15 is 0 Å². The van der Waals surface area contributed by atoms with Gasteiger partial charge in [0, 0.05) is 19.1 Å². The normalized spacial score (nSPS) is 32.2. The Hall–Kier alpha value is -0.0800. The molecule has 2 rings (SSSR count). The van der Waals surface area contributed by atoms with Crippen LogP contribution in [0.1, 0.15) is 45.4 Å². The average molecular weight is 210 g/mol. The predicted octanol–water partition coefficient (Wildman–Crippen LogP) is 2.24. The summed E-state index contributed by atoms with van der Waals surface area (Å²) in [4.78, 5) is 2.65. The lowest BCUT2D eigenvalue weighted by molar-refractivity contribution is 0.193. The first-order chi connectivity index (χ1) is 7.28. The van der Waals surface area contributed by atoms with Gasteiger partial charge in [0.15, 0.2) is 0 Å². The molecule has 2 atom stereocenters. The number of nitrogens with zero attached hydrogens (tertiary/aromatic N) is 1. The molecule has 0 saturated heterocycles. The molecule has 2 N–H and O–H groups in total. The molecule has 0 radical (unpaired) electrons. The highest BCUT2D eigenvalue weighted by atomic mass is 15.1. The quantitative estimate of drug-likeness (QED) is 0.754. The van der Waals surface area contributed by atoms with Gasteiger partial charge in [0.1, 0.15) is 0 Å². The van der Waals surface area contributed by atoms with Crippen molar-refractivity contribution in [2.75, 3.05) is 19.6 Å². The van der Waals surface area contributed by atoms with Crippen LogP contribution in [0.25, 0.3) is 0 Å². The summed E-state index contributed by atoms with van der Waals surface area (Å²) in [5, 5.41) is 0. The summed E-state index contributed by atoms with van der Waals surface area (Å²) < 4.78 is 0. The van der Waals surface area contributed by atoms with E-state index in [1.165, 1.54) is 58.2 Å². The Balaban J connectivity index is 1.72. The first-order valence-corrected chi connectivity index (χ1v) is 6.76. The Labute approximate surface area is 94.2 Å². The van der Waals surface area contributed by atoms with Crippen LogP contribution >= 0.6 is 0 Å². The van der Waals surface area contributed by atoms with Gasteiger partial charge in [-0.25, -0.2) is 0 Å². The van der Waals surface area contributed by atoms with Crippen molar-refractivity contribution in [3.63, 3.8) is 0 Å². The monoisotopic (exact) mass is 210 g/mol. The largest absolute Gasteiger partial charge is 0.328 e. The van der Waals surface area contributed by atoms with Crippen molar-refractivity contribution in [1.82, 2.24) is 4.90 Å². The fourth-order valence-electron chi connectivity index (χ4n) is 2.86. The lowest BCUT2D eigenvalue weighted by atomic mass is 9.86. The van der Waals surface area contributed by atoms with Gasteiger partial charge >= 0.3 is 0 Å². The molecule has 0 aromatic heterocycles. The zero-order valence-corrected chi connectivity index (χ0v) is 10.1. The summed E-state index contributed by atoms with van der Waals surface area (Å²) in [6, 6.07) is 0.489. The summed E-state index contributed by atoms with van der Waals surface area (Å²) in [5.41, 5.74) is 6.04. The Morgan fingerprint density at radius 1 is 1.07 bits per heavy atom. The third-order valence-electron chi connectivity index (χ3n) is 4.00. The van der Waals surface area contributed by atoms with Crippen molar-refractivity contribution < 1.29 is 0 Å². The number of rotatable bonds is 5. The van der Waals surface area contributed by atoms with Gasteiger partial charge in [-0.3, -0.25) is 0 Å². The molecule has 0 heterocycles. The van der Waals surface area contributed by atoms with E-state index in [1.807, 2.05) is 0 Å². The lowest BCUT2D eigenvalue weighted by Gasteiger charge is -2.31. The average Bonchev–Trinajstić information content (AvgIpc) is 3.01. The minimum absolute atomic E-state index is 0.489. The molecule has 2 aliphatic carbocycles.